The molecule has 5 nitrogen and oxygen atoms in total. The number of halogens is 1. The summed E-state index contributed by atoms with van der Waals surface area (Å²) in [6.07, 6.45) is 3.63. The molecule has 1 amide bonds. The van der Waals surface area contributed by atoms with E-state index in [1.807, 2.05) is 46.9 Å². The summed E-state index contributed by atoms with van der Waals surface area (Å²) < 4.78 is 7.26. The number of amides is 1. The number of rotatable bonds is 4. The molecule has 2 heterocycles. The van der Waals surface area contributed by atoms with E-state index in [-0.39, 0.29) is 11.2 Å². The Hall–Kier alpha value is -1.50. The third-order valence-electron chi connectivity index (χ3n) is 3.66. The van der Waals surface area contributed by atoms with Gasteiger partial charge < -0.3 is 9.64 Å². The molecule has 2 aromatic rings. The summed E-state index contributed by atoms with van der Waals surface area (Å²) >= 11 is 7.40. The molecule has 1 aromatic heterocycles. The number of ether oxygens (including phenoxy) is 1. The van der Waals surface area contributed by atoms with Crippen LogP contribution in [0, 0.1) is 0 Å². The van der Waals surface area contributed by atoms with Gasteiger partial charge in [0.05, 0.1) is 18.5 Å². The van der Waals surface area contributed by atoms with Gasteiger partial charge in [-0.1, -0.05) is 23.4 Å². The Morgan fingerprint density at radius 3 is 2.70 bits per heavy atom. The van der Waals surface area contributed by atoms with Crippen LogP contribution in [0.3, 0.4) is 0 Å². The molecular weight excluding hydrogens is 334 g/mol. The number of aromatic nitrogens is 2. The van der Waals surface area contributed by atoms with Crippen LogP contribution < -0.4 is 0 Å². The summed E-state index contributed by atoms with van der Waals surface area (Å²) in [7, 11) is 0. The number of benzene rings is 1. The van der Waals surface area contributed by atoms with Crippen molar-refractivity contribution in [3.05, 3.63) is 41.7 Å². The molecule has 3 rings (SSSR count). The highest BCUT2D eigenvalue weighted by Gasteiger charge is 2.24. The molecule has 0 bridgehead atoms. The molecule has 1 aliphatic rings. The standard InChI is InChI=1S/C16H18ClN3O2S/c1-12(15(21)19-8-10-22-11-9-19)23-16-18-6-7-20(16)14-4-2-13(17)3-5-14/h2-7,12H,8-11H2,1H3/t12-/m0/s1. The zero-order valence-electron chi connectivity index (χ0n) is 12.8. The lowest BCUT2D eigenvalue weighted by Crippen LogP contribution is -2.44. The molecule has 7 heteroatoms. The fraction of sp³-hybridized carbons (Fsp3) is 0.375. The Kier molecular flexibility index (Phi) is 5.25. The summed E-state index contributed by atoms with van der Waals surface area (Å²) in [5.41, 5.74) is 0.973. The van der Waals surface area contributed by atoms with Crippen molar-refractivity contribution in [2.24, 2.45) is 0 Å². The van der Waals surface area contributed by atoms with Gasteiger partial charge in [-0.2, -0.15) is 0 Å². The van der Waals surface area contributed by atoms with E-state index >= 15 is 0 Å². The van der Waals surface area contributed by atoms with Crippen molar-refractivity contribution in [2.45, 2.75) is 17.3 Å². The quantitative estimate of drug-likeness (QED) is 0.795. The minimum Gasteiger partial charge on any atom is -0.378 e. The molecule has 0 aliphatic carbocycles. The second kappa shape index (κ2) is 7.38. The molecular formula is C16H18ClN3O2S. The second-order valence-electron chi connectivity index (χ2n) is 5.25. The first-order valence-corrected chi connectivity index (χ1v) is 8.73. The normalized spacial score (nSPS) is 16.3. The van der Waals surface area contributed by atoms with Crippen molar-refractivity contribution in [3.63, 3.8) is 0 Å². The smallest absolute Gasteiger partial charge is 0.236 e. The number of nitrogens with zero attached hydrogens (tertiary/aromatic N) is 3. The summed E-state index contributed by atoms with van der Waals surface area (Å²) in [5.74, 6) is 0.129. The highest BCUT2D eigenvalue weighted by atomic mass is 35.5. The number of thioether (sulfide) groups is 1. The summed E-state index contributed by atoms with van der Waals surface area (Å²) in [6, 6.07) is 7.55. The summed E-state index contributed by atoms with van der Waals surface area (Å²) in [5, 5.41) is 1.29. The van der Waals surface area contributed by atoms with Crippen LogP contribution >= 0.6 is 23.4 Å². The van der Waals surface area contributed by atoms with Crippen LogP contribution in [0.2, 0.25) is 5.02 Å². The predicted molar refractivity (Wildman–Crippen MR) is 91.3 cm³/mol. The number of morpholine rings is 1. The molecule has 0 N–H and O–H groups in total. The number of hydrogen-bond acceptors (Lipinski definition) is 4. The van der Waals surface area contributed by atoms with Crippen molar-refractivity contribution >= 4 is 29.3 Å². The maximum atomic E-state index is 12.5. The van der Waals surface area contributed by atoms with Gasteiger partial charge in [-0.25, -0.2) is 4.98 Å². The van der Waals surface area contributed by atoms with E-state index in [4.69, 9.17) is 16.3 Å². The molecule has 0 spiro atoms. The molecule has 1 aliphatic heterocycles. The number of carbonyl (C=O) groups excluding carboxylic acids is 1. The van der Waals surface area contributed by atoms with Gasteiger partial charge in [0.25, 0.3) is 0 Å². The summed E-state index contributed by atoms with van der Waals surface area (Å²) in [4.78, 5) is 18.7. The van der Waals surface area contributed by atoms with Crippen molar-refractivity contribution in [2.75, 3.05) is 26.3 Å². The SMILES string of the molecule is C[C@H](Sc1nccn1-c1ccc(Cl)cc1)C(=O)N1CCOCC1. The van der Waals surface area contributed by atoms with Crippen molar-refractivity contribution in [3.8, 4) is 5.69 Å². The van der Waals surface area contributed by atoms with Crippen LogP contribution in [0.4, 0.5) is 0 Å². The van der Waals surface area contributed by atoms with E-state index in [2.05, 4.69) is 4.98 Å². The minimum atomic E-state index is -0.193. The molecule has 1 fully saturated rings. The highest BCUT2D eigenvalue weighted by molar-refractivity contribution is 8.00. The van der Waals surface area contributed by atoms with Crippen LogP contribution in [0.1, 0.15) is 6.92 Å². The Bertz CT molecular complexity index is 668. The van der Waals surface area contributed by atoms with Crippen LogP contribution in [-0.4, -0.2) is 51.9 Å². The Morgan fingerprint density at radius 1 is 1.30 bits per heavy atom. The maximum Gasteiger partial charge on any atom is 0.236 e. The van der Waals surface area contributed by atoms with Gasteiger partial charge in [-0.3, -0.25) is 9.36 Å². The molecule has 0 unspecified atom stereocenters. The van der Waals surface area contributed by atoms with E-state index in [1.165, 1.54) is 11.8 Å². The van der Waals surface area contributed by atoms with Crippen molar-refractivity contribution in [1.82, 2.24) is 14.5 Å². The fourth-order valence-electron chi connectivity index (χ4n) is 2.42. The number of imidazole rings is 1. The summed E-state index contributed by atoms with van der Waals surface area (Å²) in [6.45, 7) is 4.47. The highest BCUT2D eigenvalue weighted by Crippen LogP contribution is 2.26. The Balaban J connectivity index is 1.71. The maximum absolute atomic E-state index is 12.5. The molecule has 0 radical (unpaired) electrons. The molecule has 1 atom stereocenters. The van der Waals surface area contributed by atoms with Crippen LogP contribution in [0.15, 0.2) is 41.8 Å². The average Bonchev–Trinajstić information content (AvgIpc) is 3.03. The van der Waals surface area contributed by atoms with Gasteiger partial charge in [0.1, 0.15) is 0 Å². The van der Waals surface area contributed by atoms with Gasteiger partial charge in [-0.05, 0) is 31.2 Å². The van der Waals surface area contributed by atoms with Crippen molar-refractivity contribution in [1.29, 1.82) is 0 Å². The third kappa shape index (κ3) is 3.88. The van der Waals surface area contributed by atoms with Crippen molar-refractivity contribution < 1.29 is 9.53 Å². The first-order chi connectivity index (χ1) is 11.1. The second-order valence-corrected chi connectivity index (χ2v) is 7.00. The average molecular weight is 352 g/mol. The number of carbonyl (C=O) groups is 1. The first kappa shape index (κ1) is 16.4. The van der Waals surface area contributed by atoms with Gasteiger partial charge in [0.2, 0.25) is 5.91 Å². The molecule has 1 aromatic carbocycles. The lowest BCUT2D eigenvalue weighted by Gasteiger charge is -2.28. The molecule has 1 saturated heterocycles. The van der Waals surface area contributed by atoms with Gasteiger partial charge >= 0.3 is 0 Å². The molecule has 0 saturated carbocycles. The third-order valence-corrected chi connectivity index (χ3v) is 4.98. The Labute approximate surface area is 144 Å². The van der Waals surface area contributed by atoms with Crippen LogP contribution in [0.5, 0.6) is 0 Å². The monoisotopic (exact) mass is 351 g/mol. The zero-order valence-corrected chi connectivity index (χ0v) is 14.4. The van der Waals surface area contributed by atoms with E-state index < -0.39 is 0 Å². The predicted octanol–water partition coefficient (Wildman–Crippen LogP) is 2.87. The number of hydrogen-bond donors (Lipinski definition) is 0. The topological polar surface area (TPSA) is 47.4 Å². The van der Waals surface area contributed by atoms with Crippen LogP contribution in [0.25, 0.3) is 5.69 Å². The fourth-order valence-corrected chi connectivity index (χ4v) is 3.52. The van der Waals surface area contributed by atoms with Gasteiger partial charge in [0.15, 0.2) is 5.16 Å². The zero-order chi connectivity index (χ0) is 16.2. The van der Waals surface area contributed by atoms with Gasteiger partial charge in [-0.15, -0.1) is 0 Å². The van der Waals surface area contributed by atoms with Gasteiger partial charge in [0, 0.05) is 36.2 Å². The largest absolute Gasteiger partial charge is 0.378 e. The Morgan fingerprint density at radius 2 is 2.00 bits per heavy atom. The lowest BCUT2D eigenvalue weighted by molar-refractivity contribution is -0.134. The minimum absolute atomic E-state index is 0.129. The van der Waals surface area contributed by atoms with E-state index in [0.29, 0.717) is 31.3 Å². The van der Waals surface area contributed by atoms with E-state index in [0.717, 1.165) is 10.8 Å². The molecule has 23 heavy (non-hydrogen) atoms. The van der Waals surface area contributed by atoms with E-state index in [9.17, 15) is 4.79 Å². The van der Waals surface area contributed by atoms with Crippen LogP contribution in [-0.2, 0) is 9.53 Å². The lowest BCUT2D eigenvalue weighted by atomic mass is 10.3. The first-order valence-electron chi connectivity index (χ1n) is 7.47. The van der Waals surface area contributed by atoms with E-state index in [1.54, 1.807) is 6.20 Å². The molecule has 122 valence electrons.